The van der Waals surface area contributed by atoms with Gasteiger partial charge in [-0.25, -0.2) is 0 Å². The van der Waals surface area contributed by atoms with Crippen molar-refractivity contribution >= 4 is 54.9 Å². The molecule has 1 aliphatic carbocycles. The number of hydrogen-bond acceptors (Lipinski definition) is 1. The van der Waals surface area contributed by atoms with Gasteiger partial charge in [0.15, 0.2) is 0 Å². The van der Waals surface area contributed by atoms with Crippen molar-refractivity contribution in [1.29, 1.82) is 0 Å². The molecule has 3 heteroatoms. The molecule has 1 aliphatic rings. The summed E-state index contributed by atoms with van der Waals surface area (Å²) in [6, 6.07) is 0. The van der Waals surface area contributed by atoms with Gasteiger partial charge in [-0.05, 0) is 6.42 Å². The number of carbonyl (C=O) groups is 1. The van der Waals surface area contributed by atoms with Gasteiger partial charge in [-0.2, -0.15) is 0 Å². The average molecular weight is 310 g/mol. The predicted octanol–water partition coefficient (Wildman–Crippen LogP) is 2.83. The maximum absolute atomic E-state index is 9.60. The van der Waals surface area contributed by atoms with E-state index >= 15 is 0 Å². The molecule has 0 aromatic rings. The zero-order valence-electron chi connectivity index (χ0n) is 8.72. The van der Waals surface area contributed by atoms with Crippen LogP contribution in [0.5, 0.6) is 0 Å². The first-order chi connectivity index (χ1) is 5.77. The minimum atomic E-state index is -0.711. The second kappa shape index (κ2) is 13.0. The molecule has 0 spiro atoms. The molecule has 0 saturated heterocycles. The molecule has 0 aromatic carbocycles. The number of rotatable bonds is 2. The van der Waals surface area contributed by atoms with Gasteiger partial charge in [0.1, 0.15) is 0 Å². The molecule has 1 rings (SSSR count). The Balaban J connectivity index is 0. The second-order valence-corrected chi connectivity index (χ2v) is 3.27. The zero-order chi connectivity index (χ0) is 9.23. The minimum absolute atomic E-state index is 0. The van der Waals surface area contributed by atoms with Gasteiger partial charge >= 0.3 is 5.97 Å². The average Bonchev–Trinajstić information content (AvgIpc) is 2.08. The SMILES string of the molecule is C1CCCCC1.CCCC(=O)O.[Ba]. The van der Waals surface area contributed by atoms with Crippen molar-refractivity contribution in [1.82, 2.24) is 0 Å². The van der Waals surface area contributed by atoms with Gasteiger partial charge in [0, 0.05) is 55.3 Å². The van der Waals surface area contributed by atoms with E-state index in [2.05, 4.69) is 0 Å². The molecule has 0 bridgehead atoms. The molecule has 2 radical (unpaired) electrons. The van der Waals surface area contributed by atoms with Gasteiger partial charge < -0.3 is 5.11 Å². The Hall–Kier alpha value is 1.04. The Morgan fingerprint density at radius 3 is 1.46 bits per heavy atom. The Morgan fingerprint density at radius 1 is 1.08 bits per heavy atom. The van der Waals surface area contributed by atoms with Crippen molar-refractivity contribution in [3.05, 3.63) is 0 Å². The van der Waals surface area contributed by atoms with Crippen LogP contribution in [0.2, 0.25) is 0 Å². The van der Waals surface area contributed by atoms with Crippen molar-refractivity contribution in [3.8, 4) is 0 Å². The molecule has 0 atom stereocenters. The van der Waals surface area contributed by atoms with Gasteiger partial charge in [-0.3, -0.25) is 4.79 Å². The second-order valence-electron chi connectivity index (χ2n) is 3.27. The first-order valence-corrected chi connectivity index (χ1v) is 4.99. The Kier molecular flexibility index (Phi) is 16.5. The van der Waals surface area contributed by atoms with E-state index in [0.29, 0.717) is 6.42 Å². The number of hydrogen-bond donors (Lipinski definition) is 1. The minimum Gasteiger partial charge on any atom is -0.481 e. The summed E-state index contributed by atoms with van der Waals surface area (Å²) in [5, 5.41) is 7.91. The van der Waals surface area contributed by atoms with Crippen LogP contribution < -0.4 is 0 Å². The molecular weight excluding hydrogens is 289 g/mol. The first kappa shape index (κ1) is 16.5. The van der Waals surface area contributed by atoms with E-state index in [1.54, 1.807) is 0 Å². The van der Waals surface area contributed by atoms with Crippen LogP contribution in [0.4, 0.5) is 0 Å². The van der Waals surface area contributed by atoms with E-state index in [9.17, 15) is 4.79 Å². The molecule has 1 fully saturated rings. The largest absolute Gasteiger partial charge is 0.481 e. The predicted molar refractivity (Wildman–Crippen MR) is 56.0 cm³/mol. The molecule has 1 N–H and O–H groups in total. The van der Waals surface area contributed by atoms with Crippen LogP contribution in [0.1, 0.15) is 58.3 Å². The summed E-state index contributed by atoms with van der Waals surface area (Å²) in [6.07, 6.45) is 10.0. The summed E-state index contributed by atoms with van der Waals surface area (Å²) >= 11 is 0. The van der Waals surface area contributed by atoms with Crippen LogP contribution in [0.15, 0.2) is 0 Å². The number of aliphatic carboxylic acids is 1. The first-order valence-electron chi connectivity index (χ1n) is 4.99. The fourth-order valence-corrected chi connectivity index (χ4v) is 1.27. The molecule has 2 nitrogen and oxygen atoms in total. The van der Waals surface area contributed by atoms with E-state index in [4.69, 9.17) is 5.11 Å². The third kappa shape index (κ3) is 15.8. The van der Waals surface area contributed by atoms with Gasteiger partial charge in [-0.1, -0.05) is 45.4 Å². The van der Waals surface area contributed by atoms with Gasteiger partial charge in [-0.15, -0.1) is 0 Å². The fourth-order valence-electron chi connectivity index (χ4n) is 1.27. The maximum atomic E-state index is 9.60. The summed E-state index contributed by atoms with van der Waals surface area (Å²) in [6.45, 7) is 1.84. The Labute approximate surface area is 122 Å². The van der Waals surface area contributed by atoms with Crippen molar-refractivity contribution in [2.45, 2.75) is 58.3 Å². The quantitative estimate of drug-likeness (QED) is 0.797. The monoisotopic (exact) mass is 310 g/mol. The summed E-state index contributed by atoms with van der Waals surface area (Å²) in [5.74, 6) is -0.711. The number of carboxylic acids is 1. The Morgan fingerprint density at radius 2 is 1.38 bits per heavy atom. The molecule has 0 amide bonds. The van der Waals surface area contributed by atoms with Crippen LogP contribution >= 0.6 is 0 Å². The fraction of sp³-hybridized carbons (Fsp3) is 0.900. The van der Waals surface area contributed by atoms with Gasteiger partial charge in [0.2, 0.25) is 0 Å². The van der Waals surface area contributed by atoms with Crippen molar-refractivity contribution in [2.24, 2.45) is 0 Å². The van der Waals surface area contributed by atoms with Crippen molar-refractivity contribution in [3.63, 3.8) is 0 Å². The normalized spacial score (nSPS) is 14.8. The van der Waals surface area contributed by atoms with Crippen LogP contribution in [0.25, 0.3) is 0 Å². The molecule has 13 heavy (non-hydrogen) atoms. The molecule has 0 aliphatic heterocycles. The molecule has 0 unspecified atom stereocenters. The maximum Gasteiger partial charge on any atom is 0.303 e. The van der Waals surface area contributed by atoms with Crippen LogP contribution in [0.3, 0.4) is 0 Å². The third-order valence-corrected chi connectivity index (χ3v) is 1.96. The summed E-state index contributed by atoms with van der Waals surface area (Å²) in [7, 11) is 0. The third-order valence-electron chi connectivity index (χ3n) is 1.96. The van der Waals surface area contributed by atoms with Gasteiger partial charge in [0.05, 0.1) is 0 Å². The van der Waals surface area contributed by atoms with Gasteiger partial charge in [0.25, 0.3) is 0 Å². The topological polar surface area (TPSA) is 37.3 Å². The molecular formula is C10H20BaO2. The molecule has 1 saturated carbocycles. The van der Waals surface area contributed by atoms with Crippen molar-refractivity contribution in [2.75, 3.05) is 0 Å². The van der Waals surface area contributed by atoms with Crippen molar-refractivity contribution < 1.29 is 9.90 Å². The summed E-state index contributed by atoms with van der Waals surface area (Å²) in [4.78, 5) is 9.60. The summed E-state index contributed by atoms with van der Waals surface area (Å²) in [5.41, 5.74) is 0. The van der Waals surface area contributed by atoms with Crippen LogP contribution in [-0.4, -0.2) is 60.0 Å². The van der Waals surface area contributed by atoms with E-state index in [-0.39, 0.29) is 48.9 Å². The molecule has 0 heterocycles. The standard InChI is InChI=1S/C6H12.C4H8O2.Ba/c1-2-4-6-5-3-1;1-2-3-4(5)6;/h1-6H2;2-3H2,1H3,(H,5,6);. The van der Waals surface area contributed by atoms with E-state index in [1.165, 1.54) is 38.5 Å². The smallest absolute Gasteiger partial charge is 0.303 e. The van der Waals surface area contributed by atoms with E-state index in [1.807, 2.05) is 6.92 Å². The summed E-state index contributed by atoms with van der Waals surface area (Å²) < 4.78 is 0. The van der Waals surface area contributed by atoms with E-state index in [0.717, 1.165) is 6.42 Å². The van der Waals surface area contributed by atoms with Crippen LogP contribution in [0, 0.1) is 0 Å². The van der Waals surface area contributed by atoms with E-state index < -0.39 is 5.97 Å². The zero-order valence-corrected chi connectivity index (χ0v) is 13.2. The Bertz CT molecular complexity index is 100.0. The molecule has 74 valence electrons. The molecule has 0 aromatic heterocycles. The van der Waals surface area contributed by atoms with Crippen LogP contribution in [-0.2, 0) is 4.79 Å². The number of carboxylic acid groups (broad SMARTS) is 1.